The Morgan fingerprint density at radius 1 is 1.38 bits per heavy atom. The molecule has 0 aliphatic carbocycles. The predicted molar refractivity (Wildman–Crippen MR) is 52.3 cm³/mol. The van der Waals surface area contributed by atoms with Gasteiger partial charge in [0.1, 0.15) is 0 Å². The van der Waals surface area contributed by atoms with Crippen molar-refractivity contribution in [1.82, 2.24) is 5.43 Å². The number of amides is 1. The molecular formula is C8H10ClN3O. The molecule has 0 aliphatic heterocycles. The highest BCUT2D eigenvalue weighted by Gasteiger charge is 1.97. The van der Waals surface area contributed by atoms with Crippen molar-refractivity contribution in [3.8, 4) is 0 Å². The van der Waals surface area contributed by atoms with Gasteiger partial charge in [-0.2, -0.15) is 0 Å². The lowest BCUT2D eigenvalue weighted by atomic mass is 10.3. The summed E-state index contributed by atoms with van der Waals surface area (Å²) < 4.78 is 0. The van der Waals surface area contributed by atoms with Gasteiger partial charge >= 0.3 is 0 Å². The Morgan fingerprint density at radius 2 is 2.00 bits per heavy atom. The van der Waals surface area contributed by atoms with Gasteiger partial charge in [0.2, 0.25) is 0 Å². The van der Waals surface area contributed by atoms with Crippen LogP contribution in [-0.2, 0) is 4.79 Å². The molecule has 0 saturated carbocycles. The van der Waals surface area contributed by atoms with Gasteiger partial charge in [0.15, 0.2) is 0 Å². The van der Waals surface area contributed by atoms with E-state index in [9.17, 15) is 4.79 Å². The molecule has 0 saturated heterocycles. The summed E-state index contributed by atoms with van der Waals surface area (Å²) in [5.41, 5.74) is 2.85. The average molecular weight is 200 g/mol. The van der Waals surface area contributed by atoms with Gasteiger partial charge in [-0.1, -0.05) is 11.6 Å². The highest BCUT2D eigenvalue weighted by molar-refractivity contribution is 6.30. The van der Waals surface area contributed by atoms with Crippen LogP contribution in [0.2, 0.25) is 5.02 Å². The summed E-state index contributed by atoms with van der Waals surface area (Å²) in [4.78, 5) is 10.7. The average Bonchev–Trinajstić information content (AvgIpc) is 2.16. The van der Waals surface area contributed by atoms with E-state index in [0.717, 1.165) is 5.69 Å². The molecule has 0 aliphatic rings. The smallest absolute Gasteiger partial charge is 0.253 e. The quantitative estimate of drug-likeness (QED) is 0.382. The highest BCUT2D eigenvalue weighted by atomic mass is 35.5. The molecule has 1 aromatic rings. The van der Waals surface area contributed by atoms with E-state index >= 15 is 0 Å². The van der Waals surface area contributed by atoms with Crippen molar-refractivity contribution in [2.75, 3.05) is 11.9 Å². The molecule has 0 unspecified atom stereocenters. The number of nitrogens with one attached hydrogen (secondary N) is 2. The fraction of sp³-hybridized carbons (Fsp3) is 0.125. The lowest BCUT2D eigenvalue weighted by Crippen LogP contribution is -2.35. The van der Waals surface area contributed by atoms with E-state index in [4.69, 9.17) is 17.4 Å². The number of rotatable bonds is 3. The lowest BCUT2D eigenvalue weighted by Gasteiger charge is -2.04. The minimum atomic E-state index is -0.269. The van der Waals surface area contributed by atoms with Crippen LogP contribution in [0.5, 0.6) is 0 Å². The van der Waals surface area contributed by atoms with Gasteiger partial charge in [-0.25, -0.2) is 5.84 Å². The Balaban J connectivity index is 2.46. The number of nitrogens with two attached hydrogens (primary N) is 1. The Hall–Kier alpha value is -1.26. The molecule has 4 N–H and O–H groups in total. The maximum Gasteiger partial charge on any atom is 0.253 e. The van der Waals surface area contributed by atoms with Gasteiger partial charge in [0, 0.05) is 10.7 Å². The summed E-state index contributed by atoms with van der Waals surface area (Å²) in [6.45, 7) is 0.151. The van der Waals surface area contributed by atoms with E-state index < -0.39 is 0 Å². The van der Waals surface area contributed by atoms with E-state index in [2.05, 4.69) is 5.32 Å². The number of carbonyl (C=O) groups is 1. The number of carbonyl (C=O) groups excluding carboxylic acids is 1. The van der Waals surface area contributed by atoms with E-state index in [1.54, 1.807) is 24.3 Å². The molecule has 4 nitrogen and oxygen atoms in total. The Bertz CT molecular complexity index is 286. The van der Waals surface area contributed by atoms with Crippen molar-refractivity contribution in [3.63, 3.8) is 0 Å². The summed E-state index contributed by atoms with van der Waals surface area (Å²) in [6, 6.07) is 7.05. The SMILES string of the molecule is NNC(=O)CNc1ccc(Cl)cc1. The van der Waals surface area contributed by atoms with Gasteiger partial charge in [0.05, 0.1) is 6.54 Å². The van der Waals surface area contributed by atoms with Crippen LogP contribution in [0.4, 0.5) is 5.69 Å². The second kappa shape index (κ2) is 4.69. The molecule has 1 amide bonds. The standard InChI is InChI=1S/C8H10ClN3O/c9-6-1-3-7(4-2-6)11-5-8(13)12-10/h1-4,11H,5,10H2,(H,12,13). The molecule has 0 aromatic heterocycles. The van der Waals surface area contributed by atoms with Crippen LogP contribution in [0.1, 0.15) is 0 Å². The zero-order valence-corrected chi connectivity index (χ0v) is 7.64. The first kappa shape index (κ1) is 9.83. The molecule has 1 aromatic carbocycles. The summed E-state index contributed by atoms with van der Waals surface area (Å²) in [7, 11) is 0. The van der Waals surface area contributed by atoms with Crippen LogP contribution >= 0.6 is 11.6 Å². The van der Waals surface area contributed by atoms with Crippen molar-refractivity contribution < 1.29 is 4.79 Å². The Morgan fingerprint density at radius 3 is 2.54 bits per heavy atom. The topological polar surface area (TPSA) is 67.1 Å². The predicted octanol–water partition coefficient (Wildman–Crippen LogP) is 0.742. The van der Waals surface area contributed by atoms with Crippen molar-refractivity contribution in [2.45, 2.75) is 0 Å². The second-order valence-electron chi connectivity index (χ2n) is 2.43. The molecule has 0 bridgehead atoms. The summed E-state index contributed by atoms with van der Waals surface area (Å²) in [5.74, 6) is 4.63. The summed E-state index contributed by atoms with van der Waals surface area (Å²) in [5, 5.41) is 3.53. The maximum atomic E-state index is 10.7. The van der Waals surface area contributed by atoms with E-state index in [1.165, 1.54) is 0 Å². The third-order valence-corrected chi connectivity index (χ3v) is 1.71. The number of hydrogen-bond donors (Lipinski definition) is 3. The Kier molecular flexibility index (Phi) is 3.54. The van der Waals surface area contributed by atoms with Crippen LogP contribution in [0.25, 0.3) is 0 Å². The summed E-state index contributed by atoms with van der Waals surface area (Å²) in [6.07, 6.45) is 0. The van der Waals surface area contributed by atoms with Gasteiger partial charge < -0.3 is 5.32 Å². The van der Waals surface area contributed by atoms with Crippen LogP contribution in [0.3, 0.4) is 0 Å². The molecule has 70 valence electrons. The minimum Gasteiger partial charge on any atom is -0.376 e. The zero-order valence-electron chi connectivity index (χ0n) is 6.88. The molecule has 0 radical (unpaired) electrons. The zero-order chi connectivity index (χ0) is 9.68. The van der Waals surface area contributed by atoms with E-state index in [0.29, 0.717) is 5.02 Å². The van der Waals surface area contributed by atoms with Gasteiger partial charge in [-0.3, -0.25) is 10.2 Å². The van der Waals surface area contributed by atoms with Crippen LogP contribution in [-0.4, -0.2) is 12.5 Å². The third kappa shape index (κ3) is 3.31. The normalized spacial score (nSPS) is 9.38. The van der Waals surface area contributed by atoms with Crippen molar-refractivity contribution >= 4 is 23.2 Å². The van der Waals surface area contributed by atoms with E-state index in [1.807, 2.05) is 5.43 Å². The molecule has 0 atom stereocenters. The number of hydrogen-bond acceptors (Lipinski definition) is 3. The fourth-order valence-corrected chi connectivity index (χ4v) is 0.927. The molecule has 1 rings (SSSR count). The molecule has 0 fully saturated rings. The number of hydrazine groups is 1. The number of anilines is 1. The first-order chi connectivity index (χ1) is 6.22. The van der Waals surface area contributed by atoms with Gasteiger partial charge in [0.25, 0.3) is 5.91 Å². The van der Waals surface area contributed by atoms with Gasteiger partial charge in [-0.05, 0) is 24.3 Å². The molecular weight excluding hydrogens is 190 g/mol. The number of halogens is 1. The molecule has 0 heterocycles. The van der Waals surface area contributed by atoms with Crippen molar-refractivity contribution in [2.24, 2.45) is 5.84 Å². The third-order valence-electron chi connectivity index (χ3n) is 1.46. The maximum absolute atomic E-state index is 10.7. The van der Waals surface area contributed by atoms with Crippen LogP contribution in [0.15, 0.2) is 24.3 Å². The first-order valence-corrected chi connectivity index (χ1v) is 4.09. The highest BCUT2D eigenvalue weighted by Crippen LogP contribution is 2.12. The monoisotopic (exact) mass is 199 g/mol. The lowest BCUT2D eigenvalue weighted by molar-refractivity contribution is -0.119. The van der Waals surface area contributed by atoms with Crippen LogP contribution < -0.4 is 16.6 Å². The Labute approximate surface area is 81.0 Å². The second-order valence-corrected chi connectivity index (χ2v) is 2.86. The molecule has 5 heteroatoms. The largest absolute Gasteiger partial charge is 0.376 e. The van der Waals surface area contributed by atoms with Crippen molar-refractivity contribution in [1.29, 1.82) is 0 Å². The van der Waals surface area contributed by atoms with Crippen molar-refractivity contribution in [3.05, 3.63) is 29.3 Å². The number of benzene rings is 1. The fourth-order valence-electron chi connectivity index (χ4n) is 0.801. The first-order valence-electron chi connectivity index (χ1n) is 3.71. The minimum absolute atomic E-state index is 0.151. The molecule has 0 spiro atoms. The van der Waals surface area contributed by atoms with E-state index in [-0.39, 0.29) is 12.5 Å². The molecule has 13 heavy (non-hydrogen) atoms. The van der Waals surface area contributed by atoms with Crippen LogP contribution in [0, 0.1) is 0 Å². The van der Waals surface area contributed by atoms with Gasteiger partial charge in [-0.15, -0.1) is 0 Å². The summed E-state index contributed by atoms with van der Waals surface area (Å²) >= 11 is 5.67.